The molecule has 0 atom stereocenters. The zero-order chi connectivity index (χ0) is 21.8. The summed E-state index contributed by atoms with van der Waals surface area (Å²) in [5.41, 5.74) is -0.483. The maximum Gasteiger partial charge on any atom is 0.471 e. The van der Waals surface area contributed by atoms with Gasteiger partial charge < -0.3 is 10.4 Å². The lowest BCUT2D eigenvalue weighted by Gasteiger charge is -2.45. The standard InChI is InChI=1S/C22H30F3NO2/c1-19(2,3)21(28,20(4,5)6)13-12-17-10-7-9-16(15-17)11-8-14-26-18(27)22(23,24)25/h7,9-10,15,28H,8,11,14H2,1-6H3,(H,26,27). The monoisotopic (exact) mass is 397 g/mol. The first-order chi connectivity index (χ1) is 12.6. The van der Waals surface area contributed by atoms with Crippen molar-refractivity contribution in [3.05, 3.63) is 35.4 Å². The van der Waals surface area contributed by atoms with Gasteiger partial charge in [0.2, 0.25) is 0 Å². The summed E-state index contributed by atoms with van der Waals surface area (Å²) >= 11 is 0. The van der Waals surface area contributed by atoms with Crippen LogP contribution in [0.1, 0.15) is 59.1 Å². The Morgan fingerprint density at radius 1 is 1.07 bits per heavy atom. The first kappa shape index (κ1) is 24.0. The van der Waals surface area contributed by atoms with Crippen LogP contribution in [0.15, 0.2) is 24.3 Å². The van der Waals surface area contributed by atoms with Crippen LogP contribution in [0.25, 0.3) is 0 Å². The van der Waals surface area contributed by atoms with Crippen molar-refractivity contribution in [2.45, 2.75) is 66.2 Å². The molecule has 0 heterocycles. The molecule has 1 amide bonds. The average Bonchev–Trinajstić information content (AvgIpc) is 2.53. The van der Waals surface area contributed by atoms with E-state index in [1.165, 1.54) is 0 Å². The Balaban J connectivity index is 2.85. The second kappa shape index (κ2) is 8.57. The number of carbonyl (C=O) groups excluding carboxylic acids is 1. The average molecular weight is 397 g/mol. The van der Waals surface area contributed by atoms with Crippen molar-refractivity contribution >= 4 is 5.91 Å². The number of hydrogen-bond donors (Lipinski definition) is 2. The summed E-state index contributed by atoms with van der Waals surface area (Å²) in [4.78, 5) is 10.8. The number of hydrogen-bond acceptors (Lipinski definition) is 2. The van der Waals surface area contributed by atoms with E-state index in [1.807, 2.05) is 71.1 Å². The van der Waals surface area contributed by atoms with Gasteiger partial charge in [-0.3, -0.25) is 4.79 Å². The molecule has 2 N–H and O–H groups in total. The number of rotatable bonds is 4. The number of halogens is 3. The molecule has 0 unspecified atom stereocenters. The molecule has 1 aromatic rings. The molecule has 3 nitrogen and oxygen atoms in total. The summed E-state index contributed by atoms with van der Waals surface area (Å²) < 4.78 is 36.5. The van der Waals surface area contributed by atoms with E-state index in [4.69, 9.17) is 0 Å². The van der Waals surface area contributed by atoms with Gasteiger partial charge in [-0.2, -0.15) is 13.2 Å². The van der Waals surface area contributed by atoms with E-state index in [0.717, 1.165) is 11.1 Å². The Labute approximate surface area is 165 Å². The third-order valence-corrected chi connectivity index (χ3v) is 4.67. The van der Waals surface area contributed by atoms with Gasteiger partial charge in [-0.25, -0.2) is 0 Å². The van der Waals surface area contributed by atoms with Gasteiger partial charge in [-0.05, 0) is 30.5 Å². The van der Waals surface area contributed by atoms with Crippen LogP contribution in [0.2, 0.25) is 0 Å². The molecule has 156 valence electrons. The number of aliphatic hydroxyl groups is 1. The molecule has 28 heavy (non-hydrogen) atoms. The second-order valence-electron chi connectivity index (χ2n) is 9.02. The van der Waals surface area contributed by atoms with E-state index >= 15 is 0 Å². The fraction of sp³-hybridized carbons (Fsp3) is 0.591. The van der Waals surface area contributed by atoms with Crippen LogP contribution in [0.4, 0.5) is 13.2 Å². The largest absolute Gasteiger partial charge is 0.471 e. The Morgan fingerprint density at radius 2 is 1.64 bits per heavy atom. The molecule has 1 aromatic carbocycles. The molecule has 0 spiro atoms. The highest BCUT2D eigenvalue weighted by atomic mass is 19.4. The molecule has 0 saturated carbocycles. The fourth-order valence-corrected chi connectivity index (χ4v) is 3.06. The molecular formula is C22H30F3NO2. The third-order valence-electron chi connectivity index (χ3n) is 4.67. The Bertz CT molecular complexity index is 730. The van der Waals surface area contributed by atoms with Gasteiger partial charge in [0.15, 0.2) is 0 Å². The topological polar surface area (TPSA) is 49.3 Å². The quantitative estimate of drug-likeness (QED) is 0.582. The summed E-state index contributed by atoms with van der Waals surface area (Å²) in [6.45, 7) is 11.6. The van der Waals surface area contributed by atoms with Gasteiger partial charge in [0.25, 0.3) is 0 Å². The zero-order valence-electron chi connectivity index (χ0n) is 17.4. The van der Waals surface area contributed by atoms with Crippen LogP contribution in [0.3, 0.4) is 0 Å². The highest BCUT2D eigenvalue weighted by Gasteiger charge is 2.48. The molecule has 6 heteroatoms. The second-order valence-corrected chi connectivity index (χ2v) is 9.02. The van der Waals surface area contributed by atoms with Crippen molar-refractivity contribution in [2.24, 2.45) is 10.8 Å². The lowest BCUT2D eigenvalue weighted by Crippen LogP contribution is -2.52. The number of benzene rings is 1. The van der Waals surface area contributed by atoms with Crippen molar-refractivity contribution in [3.8, 4) is 11.8 Å². The van der Waals surface area contributed by atoms with E-state index < -0.39 is 28.5 Å². The van der Waals surface area contributed by atoms with Crippen LogP contribution in [-0.4, -0.2) is 29.3 Å². The number of nitrogens with one attached hydrogen (secondary N) is 1. The van der Waals surface area contributed by atoms with Gasteiger partial charge in [0.05, 0.1) is 0 Å². The minimum Gasteiger partial charge on any atom is -0.376 e. The normalized spacial score (nSPS) is 12.9. The van der Waals surface area contributed by atoms with Crippen molar-refractivity contribution in [1.29, 1.82) is 0 Å². The first-order valence-electron chi connectivity index (χ1n) is 9.27. The van der Waals surface area contributed by atoms with Crippen LogP contribution >= 0.6 is 0 Å². The van der Waals surface area contributed by atoms with E-state index in [2.05, 4.69) is 11.8 Å². The highest BCUT2D eigenvalue weighted by Crippen LogP contribution is 2.43. The maximum absolute atomic E-state index is 12.2. The molecule has 0 aliphatic carbocycles. The minimum atomic E-state index is -4.85. The molecule has 0 fully saturated rings. The molecule has 0 aliphatic rings. The van der Waals surface area contributed by atoms with Crippen LogP contribution in [0.5, 0.6) is 0 Å². The van der Waals surface area contributed by atoms with Gasteiger partial charge in [-0.15, -0.1) is 0 Å². The van der Waals surface area contributed by atoms with E-state index in [9.17, 15) is 23.1 Å². The lowest BCUT2D eigenvalue weighted by atomic mass is 9.63. The molecule has 0 aliphatic heterocycles. The molecule has 0 bridgehead atoms. The Morgan fingerprint density at radius 3 is 2.14 bits per heavy atom. The Hall–Kier alpha value is -2.00. The summed E-state index contributed by atoms with van der Waals surface area (Å²) in [7, 11) is 0. The molecule has 0 radical (unpaired) electrons. The SMILES string of the molecule is CC(C)(C)C(O)(C#Cc1cccc(CCCNC(=O)C(F)(F)F)c1)C(C)(C)C. The maximum atomic E-state index is 12.2. The predicted octanol–water partition coefficient (Wildman–Crippen LogP) is 4.47. The highest BCUT2D eigenvalue weighted by molar-refractivity contribution is 5.81. The number of carbonyl (C=O) groups is 1. The first-order valence-corrected chi connectivity index (χ1v) is 9.27. The summed E-state index contributed by atoms with van der Waals surface area (Å²) in [5, 5.41) is 13.1. The van der Waals surface area contributed by atoms with Crippen LogP contribution < -0.4 is 5.32 Å². The Kier molecular flexibility index (Phi) is 7.35. The van der Waals surface area contributed by atoms with Crippen molar-refractivity contribution in [3.63, 3.8) is 0 Å². The minimum absolute atomic E-state index is 0.0535. The molecule has 0 saturated heterocycles. The number of alkyl halides is 3. The summed E-state index contributed by atoms with van der Waals surface area (Å²) in [5.74, 6) is 4.17. The van der Waals surface area contributed by atoms with Crippen LogP contribution in [-0.2, 0) is 11.2 Å². The predicted molar refractivity (Wildman–Crippen MR) is 105 cm³/mol. The summed E-state index contributed by atoms with van der Waals surface area (Å²) in [6, 6.07) is 7.36. The van der Waals surface area contributed by atoms with Gasteiger partial charge in [0, 0.05) is 22.9 Å². The number of amides is 1. The van der Waals surface area contributed by atoms with Gasteiger partial charge in [0.1, 0.15) is 5.60 Å². The van der Waals surface area contributed by atoms with Gasteiger partial charge >= 0.3 is 12.1 Å². The van der Waals surface area contributed by atoms with E-state index in [1.54, 1.807) is 0 Å². The van der Waals surface area contributed by atoms with E-state index in [-0.39, 0.29) is 6.54 Å². The third kappa shape index (κ3) is 6.27. The van der Waals surface area contributed by atoms with Crippen molar-refractivity contribution in [2.75, 3.05) is 6.54 Å². The van der Waals surface area contributed by atoms with Crippen molar-refractivity contribution < 1.29 is 23.1 Å². The van der Waals surface area contributed by atoms with Crippen LogP contribution in [0, 0.1) is 22.7 Å². The number of aryl methyl sites for hydroxylation is 1. The lowest BCUT2D eigenvalue weighted by molar-refractivity contribution is -0.173. The molecule has 1 rings (SSSR count). The van der Waals surface area contributed by atoms with E-state index in [0.29, 0.717) is 12.8 Å². The molecular weight excluding hydrogens is 367 g/mol. The zero-order valence-corrected chi connectivity index (χ0v) is 17.4. The fourth-order valence-electron chi connectivity index (χ4n) is 3.06. The van der Waals surface area contributed by atoms with Gasteiger partial charge in [-0.1, -0.05) is 65.5 Å². The smallest absolute Gasteiger partial charge is 0.376 e. The van der Waals surface area contributed by atoms with Crippen molar-refractivity contribution in [1.82, 2.24) is 5.32 Å². The molecule has 0 aromatic heterocycles. The summed E-state index contributed by atoms with van der Waals surface area (Å²) in [6.07, 6.45) is -3.96.